The van der Waals surface area contributed by atoms with Gasteiger partial charge in [-0.1, -0.05) is 30.3 Å². The third-order valence-electron chi connectivity index (χ3n) is 4.36. The maximum absolute atomic E-state index is 12.4. The number of carbonyl (C=O) groups is 1. The lowest BCUT2D eigenvalue weighted by Crippen LogP contribution is -2.47. The first-order valence-corrected chi connectivity index (χ1v) is 8.44. The second kappa shape index (κ2) is 7.93. The van der Waals surface area contributed by atoms with Gasteiger partial charge in [-0.2, -0.15) is 0 Å². The number of nitrogens with one attached hydrogen (secondary N) is 1. The van der Waals surface area contributed by atoms with Gasteiger partial charge in [0.15, 0.2) is 0 Å². The molecule has 5 nitrogen and oxygen atoms in total. The molecule has 1 fully saturated rings. The normalized spacial score (nSPS) is 15.3. The SMILES string of the molecule is CN1CCN(C(=O)c2ccc(NCCc3ccccc3)cn2)CC1. The molecule has 2 aromatic rings. The second-order valence-electron chi connectivity index (χ2n) is 6.19. The number of amides is 1. The number of benzene rings is 1. The van der Waals surface area contributed by atoms with E-state index < -0.39 is 0 Å². The van der Waals surface area contributed by atoms with E-state index in [0.29, 0.717) is 5.69 Å². The van der Waals surface area contributed by atoms with Crippen LogP contribution in [-0.2, 0) is 6.42 Å². The predicted octanol–water partition coefficient (Wildman–Crippen LogP) is 2.12. The van der Waals surface area contributed by atoms with Crippen LogP contribution in [-0.4, -0.2) is 60.5 Å². The van der Waals surface area contributed by atoms with Crippen molar-refractivity contribution >= 4 is 11.6 Å². The second-order valence-corrected chi connectivity index (χ2v) is 6.19. The lowest BCUT2D eigenvalue weighted by Gasteiger charge is -2.32. The first-order valence-electron chi connectivity index (χ1n) is 8.44. The average Bonchev–Trinajstić information content (AvgIpc) is 2.63. The van der Waals surface area contributed by atoms with Crippen molar-refractivity contribution in [1.29, 1.82) is 0 Å². The summed E-state index contributed by atoms with van der Waals surface area (Å²) in [6, 6.07) is 14.1. The first-order chi connectivity index (χ1) is 11.7. The van der Waals surface area contributed by atoms with Crippen LogP contribution >= 0.6 is 0 Å². The molecule has 126 valence electrons. The molecule has 5 heteroatoms. The van der Waals surface area contributed by atoms with E-state index in [-0.39, 0.29) is 5.91 Å². The molecule has 1 amide bonds. The summed E-state index contributed by atoms with van der Waals surface area (Å²) in [5.41, 5.74) is 2.77. The molecule has 1 aromatic carbocycles. The molecule has 1 aliphatic heterocycles. The van der Waals surface area contributed by atoms with Gasteiger partial charge in [-0.05, 0) is 31.2 Å². The fourth-order valence-electron chi connectivity index (χ4n) is 2.79. The van der Waals surface area contributed by atoms with Crippen LogP contribution in [0.15, 0.2) is 48.7 Å². The molecule has 3 rings (SSSR count). The van der Waals surface area contributed by atoms with Crippen LogP contribution in [0, 0.1) is 0 Å². The van der Waals surface area contributed by atoms with Gasteiger partial charge in [0.05, 0.1) is 11.9 Å². The summed E-state index contributed by atoms with van der Waals surface area (Å²) < 4.78 is 0. The van der Waals surface area contributed by atoms with Gasteiger partial charge in [0.1, 0.15) is 5.69 Å². The van der Waals surface area contributed by atoms with Gasteiger partial charge < -0.3 is 15.1 Å². The molecule has 0 bridgehead atoms. The van der Waals surface area contributed by atoms with Crippen molar-refractivity contribution < 1.29 is 4.79 Å². The maximum atomic E-state index is 12.4. The van der Waals surface area contributed by atoms with E-state index in [9.17, 15) is 4.79 Å². The number of pyridine rings is 1. The fraction of sp³-hybridized carbons (Fsp3) is 0.368. The molecule has 0 unspecified atom stereocenters. The number of likely N-dealkylation sites (N-methyl/N-ethyl adjacent to an activating group) is 1. The van der Waals surface area contributed by atoms with Gasteiger partial charge in [0.2, 0.25) is 0 Å². The standard InChI is InChI=1S/C19H24N4O/c1-22-11-13-23(14-12-22)19(24)18-8-7-17(15-21-18)20-10-9-16-5-3-2-4-6-16/h2-8,15,20H,9-14H2,1H3. The minimum atomic E-state index is 0.0268. The summed E-state index contributed by atoms with van der Waals surface area (Å²) in [5.74, 6) is 0.0268. The van der Waals surface area contributed by atoms with Crippen molar-refractivity contribution in [2.24, 2.45) is 0 Å². The van der Waals surface area contributed by atoms with Crippen LogP contribution in [0.3, 0.4) is 0 Å². The van der Waals surface area contributed by atoms with Crippen LogP contribution in [0.25, 0.3) is 0 Å². The zero-order valence-corrected chi connectivity index (χ0v) is 14.1. The van der Waals surface area contributed by atoms with Crippen LogP contribution in [0.2, 0.25) is 0 Å². The minimum Gasteiger partial charge on any atom is -0.383 e. The number of piperazine rings is 1. The van der Waals surface area contributed by atoms with Gasteiger partial charge in [-0.15, -0.1) is 0 Å². The van der Waals surface area contributed by atoms with E-state index in [1.165, 1.54) is 5.56 Å². The summed E-state index contributed by atoms with van der Waals surface area (Å²) in [6.45, 7) is 4.23. The van der Waals surface area contributed by atoms with E-state index >= 15 is 0 Å². The molecule has 1 saturated heterocycles. The topological polar surface area (TPSA) is 48.5 Å². The zero-order chi connectivity index (χ0) is 16.8. The fourth-order valence-corrected chi connectivity index (χ4v) is 2.79. The molecule has 24 heavy (non-hydrogen) atoms. The lowest BCUT2D eigenvalue weighted by atomic mass is 10.1. The van der Waals surface area contributed by atoms with Crippen molar-refractivity contribution in [3.05, 3.63) is 59.9 Å². The molecule has 1 N–H and O–H groups in total. The smallest absolute Gasteiger partial charge is 0.272 e. The number of rotatable bonds is 5. The first kappa shape index (κ1) is 16.5. The molecule has 0 saturated carbocycles. The highest BCUT2D eigenvalue weighted by atomic mass is 16.2. The largest absolute Gasteiger partial charge is 0.383 e. The van der Waals surface area contributed by atoms with E-state index in [1.54, 1.807) is 6.20 Å². The monoisotopic (exact) mass is 324 g/mol. The predicted molar refractivity (Wildman–Crippen MR) is 96.3 cm³/mol. The third kappa shape index (κ3) is 4.32. The summed E-state index contributed by atoms with van der Waals surface area (Å²) in [5, 5.41) is 3.35. The Kier molecular flexibility index (Phi) is 5.43. The molecule has 2 heterocycles. The Labute approximate surface area is 143 Å². The van der Waals surface area contributed by atoms with Crippen molar-refractivity contribution in [2.75, 3.05) is 45.1 Å². The van der Waals surface area contributed by atoms with E-state index in [2.05, 4.69) is 46.5 Å². The molecular weight excluding hydrogens is 300 g/mol. The van der Waals surface area contributed by atoms with E-state index in [4.69, 9.17) is 0 Å². The molecule has 1 aliphatic rings. The summed E-state index contributed by atoms with van der Waals surface area (Å²) >= 11 is 0. The zero-order valence-electron chi connectivity index (χ0n) is 14.1. The number of aromatic nitrogens is 1. The van der Waals surface area contributed by atoms with Crippen molar-refractivity contribution in [1.82, 2.24) is 14.8 Å². The van der Waals surface area contributed by atoms with Crippen molar-refractivity contribution in [3.8, 4) is 0 Å². The third-order valence-corrected chi connectivity index (χ3v) is 4.36. The Bertz CT molecular complexity index is 649. The lowest BCUT2D eigenvalue weighted by molar-refractivity contribution is 0.0658. The highest BCUT2D eigenvalue weighted by molar-refractivity contribution is 5.92. The Morgan fingerprint density at radius 3 is 2.50 bits per heavy atom. The van der Waals surface area contributed by atoms with Gasteiger partial charge in [-0.25, -0.2) is 4.98 Å². The van der Waals surface area contributed by atoms with E-state index in [1.807, 2.05) is 23.1 Å². The summed E-state index contributed by atoms with van der Waals surface area (Å²) in [7, 11) is 2.08. The molecule has 0 atom stereocenters. The van der Waals surface area contributed by atoms with Crippen LogP contribution in [0.4, 0.5) is 5.69 Å². The average molecular weight is 324 g/mol. The van der Waals surface area contributed by atoms with Gasteiger partial charge >= 0.3 is 0 Å². The highest BCUT2D eigenvalue weighted by Crippen LogP contribution is 2.10. The quantitative estimate of drug-likeness (QED) is 0.915. The van der Waals surface area contributed by atoms with Gasteiger partial charge in [-0.3, -0.25) is 4.79 Å². The van der Waals surface area contributed by atoms with Crippen molar-refractivity contribution in [2.45, 2.75) is 6.42 Å². The number of hydrogen-bond acceptors (Lipinski definition) is 4. The van der Waals surface area contributed by atoms with Gasteiger partial charge in [0.25, 0.3) is 5.91 Å². The van der Waals surface area contributed by atoms with Crippen LogP contribution < -0.4 is 5.32 Å². The van der Waals surface area contributed by atoms with E-state index in [0.717, 1.165) is 44.8 Å². The summed E-state index contributed by atoms with van der Waals surface area (Å²) in [6.07, 6.45) is 2.71. The van der Waals surface area contributed by atoms with Crippen LogP contribution in [0.5, 0.6) is 0 Å². The number of hydrogen-bond donors (Lipinski definition) is 1. The maximum Gasteiger partial charge on any atom is 0.272 e. The van der Waals surface area contributed by atoms with Gasteiger partial charge in [0, 0.05) is 32.7 Å². The summed E-state index contributed by atoms with van der Waals surface area (Å²) in [4.78, 5) is 20.9. The molecule has 0 aliphatic carbocycles. The Hall–Kier alpha value is -2.40. The van der Waals surface area contributed by atoms with Crippen molar-refractivity contribution in [3.63, 3.8) is 0 Å². The highest BCUT2D eigenvalue weighted by Gasteiger charge is 2.20. The number of carbonyl (C=O) groups excluding carboxylic acids is 1. The molecule has 1 aromatic heterocycles. The number of nitrogens with zero attached hydrogens (tertiary/aromatic N) is 3. The Balaban J connectivity index is 1.50. The number of anilines is 1. The Morgan fingerprint density at radius 2 is 1.83 bits per heavy atom. The Morgan fingerprint density at radius 1 is 1.08 bits per heavy atom. The molecule has 0 radical (unpaired) electrons. The minimum absolute atomic E-state index is 0.0268. The van der Waals surface area contributed by atoms with Crippen LogP contribution in [0.1, 0.15) is 16.1 Å². The molecule has 0 spiro atoms. The molecular formula is C19H24N4O.